The van der Waals surface area contributed by atoms with Crippen LogP contribution < -0.4 is 15.6 Å². The van der Waals surface area contributed by atoms with Gasteiger partial charge < -0.3 is 9.64 Å². The summed E-state index contributed by atoms with van der Waals surface area (Å²) in [6.07, 6.45) is 7.41. The highest BCUT2D eigenvalue weighted by molar-refractivity contribution is 5.79. The second-order valence-corrected chi connectivity index (χ2v) is 7.84. The summed E-state index contributed by atoms with van der Waals surface area (Å²) in [4.78, 5) is 19.5. The Morgan fingerprint density at radius 3 is 2.72 bits per heavy atom. The fourth-order valence-corrected chi connectivity index (χ4v) is 4.60. The molecule has 0 saturated carbocycles. The third kappa shape index (κ3) is 4.60. The molecule has 1 aromatic heterocycles. The molecule has 0 spiro atoms. The predicted molar refractivity (Wildman–Crippen MR) is 113 cm³/mol. The van der Waals surface area contributed by atoms with Crippen LogP contribution >= 0.6 is 0 Å². The zero-order valence-corrected chi connectivity index (χ0v) is 17.0. The Morgan fingerprint density at radius 1 is 1.17 bits per heavy atom. The molecule has 2 saturated heterocycles. The number of carbonyl (C=O) groups is 1. The van der Waals surface area contributed by atoms with Gasteiger partial charge in [-0.05, 0) is 61.6 Å². The fraction of sp³-hybridized carbons (Fsp3) is 0.478. The maximum atomic E-state index is 13.2. The van der Waals surface area contributed by atoms with Crippen molar-refractivity contribution in [3.63, 3.8) is 0 Å². The van der Waals surface area contributed by atoms with Crippen molar-refractivity contribution >= 4 is 5.91 Å². The summed E-state index contributed by atoms with van der Waals surface area (Å²) >= 11 is 0. The number of likely N-dealkylation sites (tertiary alicyclic amines) is 1. The van der Waals surface area contributed by atoms with Crippen LogP contribution in [0, 0.1) is 0 Å². The number of carbonyl (C=O) groups excluding carboxylic acids is 1. The first-order valence-electron chi connectivity index (χ1n) is 10.7. The van der Waals surface area contributed by atoms with Crippen LogP contribution in [0.25, 0.3) is 0 Å². The molecule has 3 atom stereocenters. The normalized spacial score (nSPS) is 24.4. The van der Waals surface area contributed by atoms with Gasteiger partial charge in [0.2, 0.25) is 5.91 Å². The van der Waals surface area contributed by atoms with E-state index in [-0.39, 0.29) is 18.0 Å². The molecule has 6 nitrogen and oxygen atoms in total. The summed E-state index contributed by atoms with van der Waals surface area (Å²) in [5.41, 5.74) is 9.09. The van der Waals surface area contributed by atoms with E-state index in [1.165, 1.54) is 12.0 Å². The summed E-state index contributed by atoms with van der Waals surface area (Å²) in [5, 5.41) is 0. The lowest BCUT2D eigenvalue weighted by Gasteiger charge is -2.41. The molecule has 154 valence electrons. The monoisotopic (exact) mass is 394 g/mol. The number of piperidine rings is 1. The van der Waals surface area contributed by atoms with Crippen molar-refractivity contribution in [1.29, 1.82) is 0 Å². The Balaban J connectivity index is 1.47. The molecule has 4 rings (SSSR count). The van der Waals surface area contributed by atoms with Gasteiger partial charge in [0, 0.05) is 43.5 Å². The molecule has 3 heterocycles. The highest BCUT2D eigenvalue weighted by Gasteiger charge is 2.40. The van der Waals surface area contributed by atoms with E-state index >= 15 is 0 Å². The SMILES string of the molecule is CCOc1ccc(CC(=O)N2CCCCC2C2NNCC2c2ccncc2)cc1. The van der Waals surface area contributed by atoms with Crippen LogP contribution in [0.3, 0.4) is 0 Å². The minimum absolute atomic E-state index is 0.201. The van der Waals surface area contributed by atoms with Crippen LogP contribution in [0.1, 0.15) is 43.2 Å². The van der Waals surface area contributed by atoms with Gasteiger partial charge in [0.25, 0.3) is 0 Å². The van der Waals surface area contributed by atoms with Gasteiger partial charge in [0.15, 0.2) is 0 Å². The molecule has 3 unspecified atom stereocenters. The van der Waals surface area contributed by atoms with Crippen LogP contribution in [0.15, 0.2) is 48.8 Å². The van der Waals surface area contributed by atoms with Crippen molar-refractivity contribution in [3.05, 3.63) is 59.9 Å². The van der Waals surface area contributed by atoms with Crippen LogP contribution in [0.5, 0.6) is 5.75 Å². The number of nitrogens with zero attached hydrogens (tertiary/aromatic N) is 2. The Kier molecular flexibility index (Phi) is 6.42. The number of pyridine rings is 1. The number of hydrazine groups is 1. The Morgan fingerprint density at radius 2 is 1.97 bits per heavy atom. The standard InChI is InChI=1S/C23H30N4O2/c1-2-29-19-8-6-17(7-9-19)15-22(28)27-14-4-3-5-21(27)23-20(16-25-26-23)18-10-12-24-13-11-18/h6-13,20-21,23,25-26H,2-5,14-16H2,1H3. The number of hydrogen-bond acceptors (Lipinski definition) is 5. The van der Waals surface area contributed by atoms with Crippen molar-refractivity contribution in [2.45, 2.75) is 50.6 Å². The van der Waals surface area contributed by atoms with E-state index in [2.05, 4.69) is 32.9 Å². The Hall–Kier alpha value is -2.44. The molecule has 2 N–H and O–H groups in total. The summed E-state index contributed by atoms with van der Waals surface area (Å²) in [6.45, 7) is 4.32. The van der Waals surface area contributed by atoms with E-state index in [9.17, 15) is 4.79 Å². The molecule has 1 aromatic carbocycles. The predicted octanol–water partition coefficient (Wildman–Crippen LogP) is 2.66. The van der Waals surface area contributed by atoms with E-state index in [0.29, 0.717) is 18.9 Å². The van der Waals surface area contributed by atoms with Gasteiger partial charge in [-0.15, -0.1) is 0 Å². The molecular formula is C23H30N4O2. The average Bonchev–Trinajstić information content (AvgIpc) is 3.26. The largest absolute Gasteiger partial charge is 0.494 e. The first-order chi connectivity index (χ1) is 14.3. The number of ether oxygens (including phenoxy) is 1. The molecule has 1 amide bonds. The molecule has 29 heavy (non-hydrogen) atoms. The Labute approximate surface area is 172 Å². The zero-order chi connectivity index (χ0) is 20.1. The topological polar surface area (TPSA) is 66.5 Å². The number of hydrogen-bond donors (Lipinski definition) is 2. The highest BCUT2D eigenvalue weighted by atomic mass is 16.5. The molecule has 0 bridgehead atoms. The molecule has 0 aliphatic carbocycles. The van der Waals surface area contributed by atoms with Gasteiger partial charge >= 0.3 is 0 Å². The summed E-state index contributed by atoms with van der Waals surface area (Å²) in [5.74, 6) is 1.39. The molecule has 6 heteroatoms. The van der Waals surface area contributed by atoms with E-state index in [0.717, 1.165) is 37.2 Å². The maximum absolute atomic E-state index is 13.2. The minimum Gasteiger partial charge on any atom is -0.494 e. The van der Waals surface area contributed by atoms with Gasteiger partial charge in [-0.2, -0.15) is 0 Å². The molecule has 2 aliphatic heterocycles. The molecule has 2 aliphatic rings. The minimum atomic E-state index is 0.201. The van der Waals surface area contributed by atoms with Crippen LogP contribution in [0.2, 0.25) is 0 Å². The third-order valence-electron chi connectivity index (χ3n) is 6.03. The number of rotatable bonds is 6. The first kappa shape index (κ1) is 19.9. The average molecular weight is 395 g/mol. The molecular weight excluding hydrogens is 364 g/mol. The smallest absolute Gasteiger partial charge is 0.227 e. The van der Waals surface area contributed by atoms with Crippen molar-refractivity contribution in [2.24, 2.45) is 0 Å². The van der Waals surface area contributed by atoms with Crippen molar-refractivity contribution in [1.82, 2.24) is 20.7 Å². The van der Waals surface area contributed by atoms with Crippen molar-refractivity contribution in [3.8, 4) is 5.75 Å². The summed E-state index contributed by atoms with van der Waals surface area (Å²) in [6, 6.07) is 12.5. The van der Waals surface area contributed by atoms with E-state index in [1.54, 1.807) is 0 Å². The fourth-order valence-electron chi connectivity index (χ4n) is 4.60. The molecule has 0 radical (unpaired) electrons. The second kappa shape index (κ2) is 9.37. The van der Waals surface area contributed by atoms with E-state index in [1.807, 2.05) is 43.6 Å². The molecule has 2 aromatic rings. The van der Waals surface area contributed by atoms with E-state index < -0.39 is 0 Å². The van der Waals surface area contributed by atoms with Crippen molar-refractivity contribution < 1.29 is 9.53 Å². The van der Waals surface area contributed by atoms with Gasteiger partial charge in [-0.25, -0.2) is 0 Å². The lowest BCUT2D eigenvalue weighted by atomic mass is 9.84. The Bertz CT molecular complexity index is 796. The van der Waals surface area contributed by atoms with Crippen LogP contribution in [-0.4, -0.2) is 47.6 Å². The lowest BCUT2D eigenvalue weighted by molar-refractivity contribution is -0.135. The quantitative estimate of drug-likeness (QED) is 0.789. The summed E-state index contributed by atoms with van der Waals surface area (Å²) < 4.78 is 5.51. The lowest BCUT2D eigenvalue weighted by Crippen LogP contribution is -2.55. The van der Waals surface area contributed by atoms with Gasteiger partial charge in [-0.1, -0.05) is 12.1 Å². The summed E-state index contributed by atoms with van der Waals surface area (Å²) in [7, 11) is 0. The number of amides is 1. The number of aromatic nitrogens is 1. The maximum Gasteiger partial charge on any atom is 0.227 e. The first-order valence-corrected chi connectivity index (χ1v) is 10.7. The van der Waals surface area contributed by atoms with Gasteiger partial charge in [0.05, 0.1) is 13.0 Å². The van der Waals surface area contributed by atoms with Crippen LogP contribution in [0.4, 0.5) is 0 Å². The van der Waals surface area contributed by atoms with E-state index in [4.69, 9.17) is 4.74 Å². The number of benzene rings is 1. The van der Waals surface area contributed by atoms with Gasteiger partial charge in [-0.3, -0.25) is 20.6 Å². The number of nitrogens with one attached hydrogen (secondary N) is 2. The highest BCUT2D eigenvalue weighted by Crippen LogP contribution is 2.31. The third-order valence-corrected chi connectivity index (χ3v) is 6.03. The second-order valence-electron chi connectivity index (χ2n) is 7.84. The molecule has 2 fully saturated rings. The zero-order valence-electron chi connectivity index (χ0n) is 17.0. The van der Waals surface area contributed by atoms with Crippen molar-refractivity contribution in [2.75, 3.05) is 19.7 Å². The van der Waals surface area contributed by atoms with Crippen LogP contribution in [-0.2, 0) is 11.2 Å². The van der Waals surface area contributed by atoms with Gasteiger partial charge in [0.1, 0.15) is 5.75 Å².